The average Bonchev–Trinajstić information content (AvgIpc) is 2.90. The molecule has 1 aromatic rings. The number of sulfonamides is 1. The second-order valence-corrected chi connectivity index (χ2v) is 7.77. The molecule has 1 aromatic carbocycles. The van der Waals surface area contributed by atoms with Crippen LogP contribution in [0.2, 0.25) is 0 Å². The third-order valence-electron chi connectivity index (χ3n) is 4.09. The maximum Gasteiger partial charge on any atom is 0.252 e. The van der Waals surface area contributed by atoms with E-state index >= 15 is 0 Å². The third-order valence-corrected chi connectivity index (χ3v) is 5.93. The first kappa shape index (κ1) is 19.7. The Labute approximate surface area is 142 Å². The van der Waals surface area contributed by atoms with Gasteiger partial charge in [-0.1, -0.05) is 6.92 Å². The summed E-state index contributed by atoms with van der Waals surface area (Å²) in [6.45, 7) is 3.16. The Hall–Kier alpha value is -1.35. The molecule has 1 aliphatic rings. The highest BCUT2D eigenvalue weighted by atomic mass is 35.5. The highest BCUT2D eigenvalue weighted by Gasteiger charge is 2.39. The Morgan fingerprint density at radius 1 is 1.43 bits per heavy atom. The minimum atomic E-state index is -3.69. The van der Waals surface area contributed by atoms with Crippen molar-refractivity contribution in [2.24, 2.45) is 16.9 Å². The van der Waals surface area contributed by atoms with Gasteiger partial charge in [0.15, 0.2) is 0 Å². The molecule has 1 saturated heterocycles. The molecule has 9 heteroatoms. The van der Waals surface area contributed by atoms with E-state index < -0.39 is 15.9 Å². The zero-order valence-electron chi connectivity index (χ0n) is 13.1. The van der Waals surface area contributed by atoms with Crippen molar-refractivity contribution >= 4 is 28.3 Å². The lowest BCUT2D eigenvalue weighted by Crippen LogP contribution is -2.34. The van der Waals surface area contributed by atoms with Gasteiger partial charge in [-0.15, -0.1) is 12.4 Å². The lowest BCUT2D eigenvalue weighted by Gasteiger charge is -2.22. The van der Waals surface area contributed by atoms with Crippen LogP contribution in [0.3, 0.4) is 0 Å². The number of primary amides is 1. The van der Waals surface area contributed by atoms with E-state index in [4.69, 9.17) is 16.2 Å². The van der Waals surface area contributed by atoms with Crippen molar-refractivity contribution in [1.82, 2.24) is 4.31 Å². The maximum absolute atomic E-state index is 12.7. The van der Waals surface area contributed by atoms with E-state index in [1.54, 1.807) is 0 Å². The summed E-state index contributed by atoms with van der Waals surface area (Å²) in [5.41, 5.74) is 10.8. The number of hydrogen-bond acceptors (Lipinski definition) is 5. The van der Waals surface area contributed by atoms with E-state index in [0.717, 1.165) is 0 Å². The van der Waals surface area contributed by atoms with Crippen molar-refractivity contribution in [3.8, 4) is 5.75 Å². The Morgan fingerprint density at radius 3 is 2.57 bits per heavy atom. The number of nitrogens with zero attached hydrogens (tertiary/aromatic N) is 1. The molecule has 0 aromatic heterocycles. The van der Waals surface area contributed by atoms with Crippen molar-refractivity contribution in [2.75, 3.05) is 26.7 Å². The van der Waals surface area contributed by atoms with Crippen LogP contribution >= 0.6 is 12.4 Å². The van der Waals surface area contributed by atoms with Gasteiger partial charge in [0.2, 0.25) is 10.0 Å². The summed E-state index contributed by atoms with van der Waals surface area (Å²) in [4.78, 5) is 11.5. The largest absolute Gasteiger partial charge is 0.496 e. The van der Waals surface area contributed by atoms with Crippen molar-refractivity contribution in [1.29, 1.82) is 0 Å². The predicted octanol–water partition coefficient (Wildman–Crippen LogP) is 0.575. The summed E-state index contributed by atoms with van der Waals surface area (Å²) in [7, 11) is -2.29. The number of methoxy groups -OCH3 is 1. The molecule has 0 aliphatic carbocycles. The maximum atomic E-state index is 12.7. The number of rotatable bonds is 5. The minimum absolute atomic E-state index is 0. The molecule has 0 bridgehead atoms. The molecular weight excluding hydrogens is 342 g/mol. The molecule has 0 radical (unpaired) electrons. The van der Waals surface area contributed by atoms with Crippen LogP contribution in [-0.4, -0.2) is 45.4 Å². The van der Waals surface area contributed by atoms with Crippen LogP contribution < -0.4 is 16.2 Å². The molecule has 130 valence electrons. The zero-order valence-corrected chi connectivity index (χ0v) is 14.7. The number of carbonyl (C=O) groups is 1. The molecule has 7 nitrogen and oxygen atoms in total. The van der Waals surface area contributed by atoms with E-state index in [-0.39, 0.29) is 34.0 Å². The number of nitrogens with two attached hydrogens (primary N) is 2. The van der Waals surface area contributed by atoms with Crippen LogP contribution in [0.5, 0.6) is 5.75 Å². The summed E-state index contributed by atoms with van der Waals surface area (Å²) >= 11 is 0. The normalized spacial score (nSPS) is 21.7. The SMILES string of the molecule is COc1ccc(S(=O)(=O)N2CCC(C)(CN)C2)cc1C(N)=O.Cl. The van der Waals surface area contributed by atoms with Gasteiger partial charge in [-0.05, 0) is 36.6 Å². The smallest absolute Gasteiger partial charge is 0.252 e. The van der Waals surface area contributed by atoms with Gasteiger partial charge >= 0.3 is 0 Å². The topological polar surface area (TPSA) is 116 Å². The van der Waals surface area contributed by atoms with E-state index in [9.17, 15) is 13.2 Å². The lowest BCUT2D eigenvalue weighted by molar-refractivity contribution is 0.0997. The Morgan fingerprint density at radius 2 is 2.09 bits per heavy atom. The molecule has 1 heterocycles. The van der Waals surface area contributed by atoms with Gasteiger partial charge in [0, 0.05) is 13.1 Å². The van der Waals surface area contributed by atoms with Crippen LogP contribution in [-0.2, 0) is 10.0 Å². The van der Waals surface area contributed by atoms with Crippen molar-refractivity contribution in [2.45, 2.75) is 18.2 Å². The first-order chi connectivity index (χ1) is 10.2. The Balaban J connectivity index is 0.00000264. The molecule has 1 atom stereocenters. The van der Waals surface area contributed by atoms with Crippen molar-refractivity contribution in [3.05, 3.63) is 23.8 Å². The summed E-state index contributed by atoms with van der Waals surface area (Å²) < 4.78 is 31.8. The standard InChI is InChI=1S/C14H21N3O4S.ClH/c1-14(8-15)5-6-17(9-14)22(19,20)10-3-4-12(21-2)11(7-10)13(16)18;/h3-4,7H,5-6,8-9,15H2,1-2H3,(H2,16,18);1H. The van der Waals surface area contributed by atoms with Crippen LogP contribution in [0.1, 0.15) is 23.7 Å². The van der Waals surface area contributed by atoms with Crippen LogP contribution in [0, 0.1) is 5.41 Å². The number of halogens is 1. The highest BCUT2D eigenvalue weighted by Crippen LogP contribution is 2.33. The molecule has 4 N–H and O–H groups in total. The van der Waals surface area contributed by atoms with Gasteiger partial charge in [-0.25, -0.2) is 8.42 Å². The fourth-order valence-electron chi connectivity index (χ4n) is 2.54. The summed E-state index contributed by atoms with van der Waals surface area (Å²) in [6.07, 6.45) is 0.710. The Kier molecular flexibility index (Phi) is 6.03. The lowest BCUT2D eigenvalue weighted by atomic mass is 9.90. The molecular formula is C14H22ClN3O4S. The zero-order chi connectivity index (χ0) is 16.5. The van der Waals surface area contributed by atoms with Crippen molar-refractivity contribution in [3.63, 3.8) is 0 Å². The Bertz CT molecular complexity index is 695. The minimum Gasteiger partial charge on any atom is -0.496 e. The summed E-state index contributed by atoms with van der Waals surface area (Å²) in [5.74, 6) is -0.484. The number of carbonyl (C=O) groups excluding carboxylic acids is 1. The van der Waals surface area contributed by atoms with Gasteiger partial charge in [0.1, 0.15) is 5.75 Å². The van der Waals surface area contributed by atoms with E-state index in [1.165, 1.54) is 29.6 Å². The molecule has 1 amide bonds. The molecule has 1 aliphatic heterocycles. The van der Waals surface area contributed by atoms with E-state index in [1.807, 2.05) is 6.92 Å². The van der Waals surface area contributed by atoms with Crippen LogP contribution in [0.25, 0.3) is 0 Å². The summed E-state index contributed by atoms with van der Waals surface area (Å²) in [5, 5.41) is 0. The predicted molar refractivity (Wildman–Crippen MR) is 89.3 cm³/mol. The first-order valence-corrected chi connectivity index (χ1v) is 8.35. The fraction of sp³-hybridized carbons (Fsp3) is 0.500. The van der Waals surface area contributed by atoms with E-state index in [0.29, 0.717) is 26.1 Å². The van der Waals surface area contributed by atoms with Gasteiger partial charge in [-0.3, -0.25) is 4.79 Å². The summed E-state index contributed by atoms with van der Waals surface area (Å²) in [6, 6.07) is 4.11. The molecule has 0 saturated carbocycles. The van der Waals surface area contributed by atoms with Gasteiger partial charge in [0.05, 0.1) is 17.6 Å². The molecule has 1 unspecified atom stereocenters. The number of ether oxygens (including phenoxy) is 1. The van der Waals surface area contributed by atoms with Gasteiger partial charge < -0.3 is 16.2 Å². The highest BCUT2D eigenvalue weighted by molar-refractivity contribution is 7.89. The average molecular weight is 364 g/mol. The fourth-order valence-corrected chi connectivity index (χ4v) is 4.16. The molecule has 23 heavy (non-hydrogen) atoms. The molecule has 2 rings (SSSR count). The first-order valence-electron chi connectivity index (χ1n) is 6.91. The number of benzene rings is 1. The third kappa shape index (κ3) is 3.77. The van der Waals surface area contributed by atoms with Crippen molar-refractivity contribution < 1.29 is 17.9 Å². The number of hydrogen-bond donors (Lipinski definition) is 2. The molecule has 1 fully saturated rings. The quantitative estimate of drug-likeness (QED) is 0.793. The van der Waals surface area contributed by atoms with Crippen LogP contribution in [0.4, 0.5) is 0 Å². The molecule has 0 spiro atoms. The van der Waals surface area contributed by atoms with E-state index in [2.05, 4.69) is 0 Å². The number of amides is 1. The second-order valence-electron chi connectivity index (χ2n) is 5.83. The second kappa shape index (κ2) is 7.04. The van der Waals surface area contributed by atoms with Gasteiger partial charge in [0.25, 0.3) is 5.91 Å². The monoisotopic (exact) mass is 363 g/mol. The van der Waals surface area contributed by atoms with Crippen LogP contribution in [0.15, 0.2) is 23.1 Å². The van der Waals surface area contributed by atoms with Gasteiger partial charge in [-0.2, -0.15) is 4.31 Å².